The molecule has 3 unspecified atom stereocenters. The minimum atomic E-state index is -0.133. The number of amides is 1. The summed E-state index contributed by atoms with van der Waals surface area (Å²) in [7, 11) is 0. The fourth-order valence-corrected chi connectivity index (χ4v) is 3.22. The second kappa shape index (κ2) is 4.34. The number of carbonyl (C=O) groups excluding carboxylic acids is 1. The van der Waals surface area contributed by atoms with Gasteiger partial charge in [0.15, 0.2) is 0 Å². The fourth-order valence-electron chi connectivity index (χ4n) is 3.22. The van der Waals surface area contributed by atoms with Crippen LogP contribution in [0.2, 0.25) is 0 Å². The van der Waals surface area contributed by atoms with Crippen molar-refractivity contribution in [2.75, 3.05) is 26.2 Å². The second-order valence-corrected chi connectivity index (χ2v) is 5.18. The molecule has 4 heteroatoms. The topological polar surface area (TPSA) is 41.6 Å². The molecule has 3 rings (SSSR count). The van der Waals surface area contributed by atoms with E-state index in [4.69, 9.17) is 4.74 Å². The predicted octanol–water partition coefficient (Wildman–Crippen LogP) is 0.376. The first-order valence-electron chi connectivity index (χ1n) is 6.48. The largest absolute Gasteiger partial charge is 0.368 e. The zero-order valence-corrected chi connectivity index (χ0v) is 9.65. The highest BCUT2D eigenvalue weighted by molar-refractivity contribution is 5.81. The van der Waals surface area contributed by atoms with Gasteiger partial charge in [0.05, 0.1) is 0 Å². The Kier molecular flexibility index (Phi) is 2.86. The molecule has 1 N–H and O–H groups in total. The van der Waals surface area contributed by atoms with E-state index in [-0.39, 0.29) is 12.0 Å². The molecule has 3 aliphatic rings. The van der Waals surface area contributed by atoms with E-state index >= 15 is 0 Å². The van der Waals surface area contributed by atoms with Gasteiger partial charge in [-0.25, -0.2) is 0 Å². The first-order valence-corrected chi connectivity index (χ1v) is 6.48. The Morgan fingerprint density at radius 2 is 2.25 bits per heavy atom. The minimum absolute atomic E-state index is 0.133. The van der Waals surface area contributed by atoms with Crippen LogP contribution in [0.5, 0.6) is 0 Å². The van der Waals surface area contributed by atoms with Gasteiger partial charge < -0.3 is 15.0 Å². The zero-order valence-electron chi connectivity index (χ0n) is 9.65. The molecule has 1 amide bonds. The molecule has 0 spiro atoms. The monoisotopic (exact) mass is 224 g/mol. The van der Waals surface area contributed by atoms with Crippen molar-refractivity contribution < 1.29 is 9.53 Å². The molecule has 3 fully saturated rings. The van der Waals surface area contributed by atoms with Crippen LogP contribution in [0.25, 0.3) is 0 Å². The van der Waals surface area contributed by atoms with Crippen LogP contribution >= 0.6 is 0 Å². The van der Waals surface area contributed by atoms with Crippen LogP contribution in [-0.2, 0) is 9.53 Å². The summed E-state index contributed by atoms with van der Waals surface area (Å²) in [4.78, 5) is 14.2. The summed E-state index contributed by atoms with van der Waals surface area (Å²) in [6.45, 7) is 3.73. The molecule has 3 aliphatic heterocycles. The van der Waals surface area contributed by atoms with E-state index in [1.165, 1.54) is 6.42 Å². The Morgan fingerprint density at radius 3 is 3.06 bits per heavy atom. The van der Waals surface area contributed by atoms with Crippen molar-refractivity contribution in [1.82, 2.24) is 10.2 Å². The standard InChI is InChI=1S/C12H20N2O2/c15-12(11-2-1-7-16-11)14-6-4-10-9(8-14)3-5-13-10/h9-11,13H,1-8H2. The normalized spacial score (nSPS) is 38.8. The molecule has 3 saturated heterocycles. The molecule has 3 atom stereocenters. The maximum absolute atomic E-state index is 12.2. The van der Waals surface area contributed by atoms with Crippen molar-refractivity contribution in [2.24, 2.45) is 5.92 Å². The highest BCUT2D eigenvalue weighted by atomic mass is 16.5. The van der Waals surface area contributed by atoms with Crippen molar-refractivity contribution in [3.8, 4) is 0 Å². The molecule has 0 aliphatic carbocycles. The van der Waals surface area contributed by atoms with Crippen molar-refractivity contribution in [3.05, 3.63) is 0 Å². The number of hydrogen-bond acceptors (Lipinski definition) is 3. The van der Waals surface area contributed by atoms with E-state index in [1.807, 2.05) is 4.90 Å². The van der Waals surface area contributed by atoms with Gasteiger partial charge in [0.2, 0.25) is 0 Å². The summed E-state index contributed by atoms with van der Waals surface area (Å²) in [5.74, 6) is 0.918. The Bertz CT molecular complexity index is 276. The van der Waals surface area contributed by atoms with E-state index in [1.54, 1.807) is 0 Å². The third-order valence-electron chi connectivity index (χ3n) is 4.17. The summed E-state index contributed by atoms with van der Waals surface area (Å²) < 4.78 is 5.47. The number of hydrogen-bond donors (Lipinski definition) is 1. The van der Waals surface area contributed by atoms with Gasteiger partial charge in [0.25, 0.3) is 5.91 Å². The van der Waals surface area contributed by atoms with E-state index in [0.717, 1.165) is 45.5 Å². The highest BCUT2D eigenvalue weighted by Crippen LogP contribution is 2.26. The summed E-state index contributed by atoms with van der Waals surface area (Å²) in [5, 5.41) is 3.52. The van der Waals surface area contributed by atoms with Crippen LogP contribution in [-0.4, -0.2) is 49.2 Å². The van der Waals surface area contributed by atoms with Gasteiger partial charge in [0.1, 0.15) is 6.10 Å². The Morgan fingerprint density at radius 1 is 1.31 bits per heavy atom. The van der Waals surface area contributed by atoms with Gasteiger partial charge in [-0.15, -0.1) is 0 Å². The first kappa shape index (κ1) is 10.5. The van der Waals surface area contributed by atoms with Crippen LogP contribution in [0.3, 0.4) is 0 Å². The quantitative estimate of drug-likeness (QED) is 0.700. The second-order valence-electron chi connectivity index (χ2n) is 5.18. The van der Waals surface area contributed by atoms with Gasteiger partial charge in [0, 0.05) is 25.7 Å². The molecular weight excluding hydrogens is 204 g/mol. The van der Waals surface area contributed by atoms with E-state index in [0.29, 0.717) is 12.0 Å². The van der Waals surface area contributed by atoms with Gasteiger partial charge in [-0.2, -0.15) is 0 Å². The lowest BCUT2D eigenvalue weighted by Crippen LogP contribution is -2.49. The lowest BCUT2D eigenvalue weighted by atomic mass is 9.93. The van der Waals surface area contributed by atoms with E-state index in [2.05, 4.69) is 5.32 Å². The summed E-state index contributed by atoms with van der Waals surface area (Å²) in [5.41, 5.74) is 0. The van der Waals surface area contributed by atoms with E-state index in [9.17, 15) is 4.79 Å². The molecule has 0 bridgehead atoms. The first-order chi connectivity index (χ1) is 7.84. The SMILES string of the molecule is O=C(C1CCCO1)N1CCC2NCCC2C1. The van der Waals surface area contributed by atoms with Crippen LogP contribution in [0.4, 0.5) is 0 Å². The molecule has 0 aromatic heterocycles. The van der Waals surface area contributed by atoms with Crippen molar-refractivity contribution in [2.45, 2.75) is 37.8 Å². The molecule has 0 aromatic rings. The van der Waals surface area contributed by atoms with Crippen LogP contribution in [0, 0.1) is 5.92 Å². The van der Waals surface area contributed by atoms with Crippen molar-refractivity contribution in [3.63, 3.8) is 0 Å². The summed E-state index contributed by atoms with van der Waals surface area (Å²) in [6.07, 6.45) is 4.16. The molecule has 90 valence electrons. The molecule has 0 radical (unpaired) electrons. The number of ether oxygens (including phenoxy) is 1. The maximum Gasteiger partial charge on any atom is 0.251 e. The molecule has 0 aromatic carbocycles. The number of fused-ring (bicyclic) bond motifs is 1. The molecular formula is C12H20N2O2. The molecule has 0 saturated carbocycles. The van der Waals surface area contributed by atoms with E-state index < -0.39 is 0 Å². The van der Waals surface area contributed by atoms with Crippen LogP contribution < -0.4 is 5.32 Å². The van der Waals surface area contributed by atoms with Gasteiger partial charge in [-0.1, -0.05) is 0 Å². The van der Waals surface area contributed by atoms with Gasteiger partial charge >= 0.3 is 0 Å². The van der Waals surface area contributed by atoms with Gasteiger partial charge in [-0.05, 0) is 38.1 Å². The summed E-state index contributed by atoms with van der Waals surface area (Å²) in [6, 6.07) is 0.661. The van der Waals surface area contributed by atoms with Crippen molar-refractivity contribution >= 4 is 5.91 Å². The fraction of sp³-hybridized carbons (Fsp3) is 0.917. The smallest absolute Gasteiger partial charge is 0.251 e. The molecule has 4 nitrogen and oxygen atoms in total. The third kappa shape index (κ3) is 1.84. The Labute approximate surface area is 96.3 Å². The predicted molar refractivity (Wildman–Crippen MR) is 60.1 cm³/mol. The average Bonchev–Trinajstić information content (AvgIpc) is 2.98. The van der Waals surface area contributed by atoms with Crippen LogP contribution in [0.15, 0.2) is 0 Å². The Hall–Kier alpha value is -0.610. The van der Waals surface area contributed by atoms with Gasteiger partial charge in [-0.3, -0.25) is 4.79 Å². The minimum Gasteiger partial charge on any atom is -0.368 e. The number of likely N-dealkylation sites (tertiary alicyclic amines) is 1. The zero-order chi connectivity index (χ0) is 11.0. The lowest BCUT2D eigenvalue weighted by molar-refractivity contribution is -0.142. The lowest BCUT2D eigenvalue weighted by Gasteiger charge is -2.35. The van der Waals surface area contributed by atoms with Crippen molar-refractivity contribution in [1.29, 1.82) is 0 Å². The number of carbonyl (C=O) groups is 1. The number of nitrogens with zero attached hydrogens (tertiary/aromatic N) is 1. The third-order valence-corrected chi connectivity index (χ3v) is 4.17. The summed E-state index contributed by atoms with van der Waals surface area (Å²) >= 11 is 0. The number of rotatable bonds is 1. The average molecular weight is 224 g/mol. The van der Waals surface area contributed by atoms with Crippen LogP contribution in [0.1, 0.15) is 25.7 Å². The number of piperidine rings is 1. The molecule has 3 heterocycles. The number of nitrogens with one attached hydrogen (secondary N) is 1. The highest BCUT2D eigenvalue weighted by Gasteiger charge is 2.37. The Balaban J connectivity index is 1.60. The maximum atomic E-state index is 12.2. The molecule has 16 heavy (non-hydrogen) atoms.